The second-order valence-corrected chi connectivity index (χ2v) is 15.0. The van der Waals surface area contributed by atoms with E-state index in [1.54, 1.807) is 0 Å². The van der Waals surface area contributed by atoms with Crippen molar-refractivity contribution in [2.75, 3.05) is 33.0 Å². The molecule has 47 heavy (non-hydrogen) atoms. The van der Waals surface area contributed by atoms with Gasteiger partial charge in [0.2, 0.25) is 0 Å². The molecule has 0 aliphatic heterocycles. The maximum Gasteiger partial charge on any atom is 0.472 e. The van der Waals surface area contributed by atoms with Gasteiger partial charge in [-0.1, -0.05) is 181 Å². The number of hydrogen-bond acceptors (Lipinski definition) is 7. The van der Waals surface area contributed by atoms with Gasteiger partial charge >= 0.3 is 13.8 Å². The summed E-state index contributed by atoms with van der Waals surface area (Å²) in [5.74, 6) is -0.325. The van der Waals surface area contributed by atoms with Gasteiger partial charge in [-0.2, -0.15) is 0 Å². The SMILES string of the molecule is CCCCCCCCCCCCCCCCCC(=O)OC(COCCCCCCCCCCCCCCC)COP(=O)(O)OCCN. The summed E-state index contributed by atoms with van der Waals surface area (Å²) in [6.07, 6.45) is 35.3. The molecule has 0 saturated carbocycles. The maximum atomic E-state index is 12.5. The van der Waals surface area contributed by atoms with Crippen molar-refractivity contribution in [3.63, 3.8) is 0 Å². The van der Waals surface area contributed by atoms with E-state index in [1.807, 2.05) is 0 Å². The summed E-state index contributed by atoms with van der Waals surface area (Å²) >= 11 is 0. The summed E-state index contributed by atoms with van der Waals surface area (Å²) in [5, 5.41) is 0. The van der Waals surface area contributed by atoms with Crippen molar-refractivity contribution in [3.8, 4) is 0 Å². The first kappa shape index (κ1) is 46.5. The first-order chi connectivity index (χ1) is 22.9. The highest BCUT2D eigenvalue weighted by atomic mass is 31.2. The van der Waals surface area contributed by atoms with Crippen LogP contribution in [-0.2, 0) is 27.9 Å². The quantitative estimate of drug-likeness (QED) is 0.0371. The van der Waals surface area contributed by atoms with E-state index < -0.39 is 13.9 Å². The average molecular weight is 692 g/mol. The Bertz CT molecular complexity index is 697. The molecule has 2 unspecified atom stereocenters. The van der Waals surface area contributed by atoms with E-state index in [2.05, 4.69) is 13.8 Å². The smallest absolute Gasteiger partial charge is 0.457 e. The van der Waals surface area contributed by atoms with Crippen molar-refractivity contribution in [1.82, 2.24) is 0 Å². The number of phosphoric acid groups is 1. The largest absolute Gasteiger partial charge is 0.472 e. The number of unbranched alkanes of at least 4 members (excludes halogenated alkanes) is 26. The van der Waals surface area contributed by atoms with Crippen molar-refractivity contribution in [3.05, 3.63) is 0 Å². The number of carbonyl (C=O) groups is 1. The summed E-state index contributed by atoms with van der Waals surface area (Å²) in [6.45, 7) is 4.97. The summed E-state index contributed by atoms with van der Waals surface area (Å²) in [5.41, 5.74) is 5.36. The fraction of sp³-hybridized carbons (Fsp3) is 0.974. The zero-order valence-corrected chi connectivity index (χ0v) is 31.9. The summed E-state index contributed by atoms with van der Waals surface area (Å²) in [4.78, 5) is 22.4. The van der Waals surface area contributed by atoms with Gasteiger partial charge in [0, 0.05) is 19.6 Å². The molecule has 0 fully saturated rings. The molecule has 0 aromatic carbocycles. The molecule has 282 valence electrons. The van der Waals surface area contributed by atoms with Crippen LogP contribution in [0, 0.1) is 0 Å². The number of carbonyl (C=O) groups excluding carboxylic acids is 1. The van der Waals surface area contributed by atoms with E-state index in [0.717, 1.165) is 32.1 Å². The van der Waals surface area contributed by atoms with Gasteiger partial charge in [0.15, 0.2) is 0 Å². The fourth-order valence-corrected chi connectivity index (χ4v) is 6.59. The molecule has 0 heterocycles. The molecule has 8 nitrogen and oxygen atoms in total. The Morgan fingerprint density at radius 3 is 1.34 bits per heavy atom. The standard InChI is InChI=1S/C38H78NO7P/c1-3-5-7-9-11-13-15-17-18-19-21-23-25-27-29-31-38(40)46-37(36-45-47(41,42)44-34-32-39)35-43-33-30-28-26-24-22-20-16-14-12-10-8-6-4-2/h37H,3-36,39H2,1-2H3,(H,41,42). The normalized spacial score (nSPS) is 13.5. The van der Waals surface area contributed by atoms with E-state index in [0.29, 0.717) is 13.0 Å². The Labute approximate surface area is 291 Å². The Morgan fingerprint density at radius 1 is 0.553 bits per heavy atom. The topological polar surface area (TPSA) is 117 Å². The van der Waals surface area contributed by atoms with Crippen LogP contribution in [0.3, 0.4) is 0 Å². The second kappa shape index (κ2) is 36.8. The minimum Gasteiger partial charge on any atom is -0.457 e. The van der Waals surface area contributed by atoms with Crippen molar-refractivity contribution in [1.29, 1.82) is 0 Å². The van der Waals surface area contributed by atoms with E-state index in [1.165, 1.54) is 148 Å². The van der Waals surface area contributed by atoms with Gasteiger partial charge in [-0.3, -0.25) is 13.8 Å². The number of rotatable bonds is 39. The molecule has 0 rings (SSSR count). The predicted molar refractivity (Wildman–Crippen MR) is 197 cm³/mol. The minimum absolute atomic E-state index is 0.0903. The third kappa shape index (κ3) is 36.6. The van der Waals surface area contributed by atoms with Crippen molar-refractivity contribution in [2.24, 2.45) is 5.73 Å². The molecular formula is C38H78NO7P. The third-order valence-corrected chi connectivity index (χ3v) is 9.76. The number of nitrogens with two attached hydrogens (primary N) is 1. The van der Waals surface area contributed by atoms with Gasteiger partial charge in [0.05, 0.1) is 19.8 Å². The molecule has 9 heteroatoms. The highest BCUT2D eigenvalue weighted by Gasteiger charge is 2.25. The fourth-order valence-electron chi connectivity index (χ4n) is 5.82. The summed E-state index contributed by atoms with van der Waals surface area (Å²) in [7, 11) is -4.26. The Hall–Kier alpha value is -0.500. The monoisotopic (exact) mass is 692 g/mol. The molecule has 0 aromatic heterocycles. The molecule has 0 amide bonds. The van der Waals surface area contributed by atoms with Gasteiger partial charge in [0.1, 0.15) is 6.10 Å². The molecule has 0 aromatic rings. The van der Waals surface area contributed by atoms with Crippen LogP contribution in [0.2, 0.25) is 0 Å². The van der Waals surface area contributed by atoms with Gasteiger partial charge in [0.25, 0.3) is 0 Å². The molecule has 0 aliphatic rings. The predicted octanol–water partition coefficient (Wildman–Crippen LogP) is 11.4. The van der Waals surface area contributed by atoms with Crippen LogP contribution in [0.25, 0.3) is 0 Å². The van der Waals surface area contributed by atoms with E-state index >= 15 is 0 Å². The number of phosphoric ester groups is 1. The van der Waals surface area contributed by atoms with Gasteiger partial charge in [-0.05, 0) is 12.8 Å². The molecule has 0 radical (unpaired) electrons. The van der Waals surface area contributed by atoms with Gasteiger partial charge < -0.3 is 20.1 Å². The summed E-state index contributed by atoms with van der Waals surface area (Å²) < 4.78 is 33.3. The van der Waals surface area contributed by atoms with Crippen molar-refractivity contribution in [2.45, 2.75) is 206 Å². The molecule has 0 spiro atoms. The number of ether oxygens (including phenoxy) is 2. The van der Waals surface area contributed by atoms with Crippen LogP contribution >= 0.6 is 7.82 Å². The lowest BCUT2D eigenvalue weighted by Crippen LogP contribution is -2.28. The van der Waals surface area contributed by atoms with E-state index in [9.17, 15) is 14.3 Å². The van der Waals surface area contributed by atoms with Crippen LogP contribution in [0.15, 0.2) is 0 Å². The molecule has 2 atom stereocenters. The molecular weight excluding hydrogens is 613 g/mol. The Kier molecular flexibility index (Phi) is 36.4. The highest BCUT2D eigenvalue weighted by Crippen LogP contribution is 2.43. The van der Waals surface area contributed by atoms with Crippen molar-refractivity contribution >= 4 is 13.8 Å². The van der Waals surface area contributed by atoms with E-state index in [-0.39, 0.29) is 32.3 Å². The van der Waals surface area contributed by atoms with Crippen LogP contribution in [-0.4, -0.2) is 49.9 Å². The zero-order valence-electron chi connectivity index (χ0n) is 31.0. The summed E-state index contributed by atoms with van der Waals surface area (Å²) in [6, 6.07) is 0. The van der Waals surface area contributed by atoms with Crippen LogP contribution in [0.4, 0.5) is 0 Å². The van der Waals surface area contributed by atoms with Gasteiger partial charge in [-0.15, -0.1) is 0 Å². The lowest BCUT2D eigenvalue weighted by atomic mass is 10.0. The first-order valence-corrected chi connectivity index (χ1v) is 21.5. The van der Waals surface area contributed by atoms with Crippen LogP contribution in [0.1, 0.15) is 200 Å². The molecule has 0 aliphatic carbocycles. The molecule has 0 bridgehead atoms. The third-order valence-electron chi connectivity index (χ3n) is 8.77. The first-order valence-electron chi connectivity index (χ1n) is 20.0. The molecule has 0 saturated heterocycles. The zero-order chi connectivity index (χ0) is 34.5. The van der Waals surface area contributed by atoms with Gasteiger partial charge in [-0.25, -0.2) is 4.57 Å². The second-order valence-electron chi connectivity index (χ2n) is 13.5. The maximum absolute atomic E-state index is 12.5. The Morgan fingerprint density at radius 2 is 0.936 bits per heavy atom. The van der Waals surface area contributed by atoms with Crippen LogP contribution in [0.5, 0.6) is 0 Å². The lowest BCUT2D eigenvalue weighted by Gasteiger charge is -2.20. The average Bonchev–Trinajstić information content (AvgIpc) is 3.06. The Balaban J connectivity index is 4.02. The lowest BCUT2D eigenvalue weighted by molar-refractivity contribution is -0.154. The minimum atomic E-state index is -4.26. The highest BCUT2D eigenvalue weighted by molar-refractivity contribution is 7.47. The molecule has 3 N–H and O–H groups in total. The number of hydrogen-bond donors (Lipinski definition) is 2. The van der Waals surface area contributed by atoms with Crippen molar-refractivity contribution < 1.29 is 32.8 Å². The van der Waals surface area contributed by atoms with Crippen LogP contribution < -0.4 is 5.73 Å². The number of esters is 1. The van der Waals surface area contributed by atoms with E-state index in [4.69, 9.17) is 24.3 Å².